The van der Waals surface area contributed by atoms with Crippen LogP contribution in [0.4, 0.5) is 16.2 Å². The molecule has 2 N–H and O–H groups in total. The van der Waals surface area contributed by atoms with E-state index < -0.39 is 16.9 Å². The normalized spacial score (nSPS) is 12.7. The van der Waals surface area contributed by atoms with Gasteiger partial charge in [-0.1, -0.05) is 6.07 Å². The van der Waals surface area contributed by atoms with E-state index >= 15 is 0 Å². The van der Waals surface area contributed by atoms with E-state index in [4.69, 9.17) is 4.74 Å². The van der Waals surface area contributed by atoms with Crippen LogP contribution in [-0.2, 0) is 14.3 Å². The summed E-state index contributed by atoms with van der Waals surface area (Å²) in [5, 5.41) is 14.9. The molecule has 0 unspecified atom stereocenters. The van der Waals surface area contributed by atoms with Gasteiger partial charge in [0.2, 0.25) is 12.6 Å². The van der Waals surface area contributed by atoms with Crippen LogP contribution in [0.25, 0.3) is 0 Å². The summed E-state index contributed by atoms with van der Waals surface area (Å²) in [6, 6.07) is 4.46. The molecule has 0 aliphatic carbocycles. The van der Waals surface area contributed by atoms with E-state index in [1.54, 1.807) is 0 Å². The Morgan fingerprint density at radius 1 is 1.35 bits per heavy atom. The Labute approximate surface area is 112 Å². The molecule has 0 saturated heterocycles. The van der Waals surface area contributed by atoms with Gasteiger partial charge in [-0.05, 0) is 6.07 Å². The predicted octanol–water partition coefficient (Wildman–Crippen LogP) is 1.09. The predicted molar refractivity (Wildman–Crippen MR) is 65.4 cm³/mol. The van der Waals surface area contributed by atoms with Crippen molar-refractivity contribution in [1.82, 2.24) is 5.32 Å². The summed E-state index contributed by atoms with van der Waals surface area (Å²) in [7, 11) is 0. The van der Waals surface area contributed by atoms with Gasteiger partial charge in [-0.3, -0.25) is 20.2 Å². The van der Waals surface area contributed by atoms with Crippen molar-refractivity contribution < 1.29 is 24.0 Å². The minimum atomic E-state index is -0.841. The number of benzene rings is 1. The molecule has 1 heterocycles. The lowest BCUT2D eigenvalue weighted by atomic mass is 10.3. The van der Waals surface area contributed by atoms with Gasteiger partial charge in [0.05, 0.1) is 4.92 Å². The Morgan fingerprint density at radius 2 is 2.15 bits per heavy atom. The van der Waals surface area contributed by atoms with Gasteiger partial charge in [0.1, 0.15) is 6.26 Å². The fourth-order valence-corrected chi connectivity index (χ4v) is 1.38. The number of rotatable bonds is 3. The van der Waals surface area contributed by atoms with Crippen LogP contribution in [0, 0.1) is 10.1 Å². The second-order valence-electron chi connectivity index (χ2n) is 3.63. The van der Waals surface area contributed by atoms with Crippen LogP contribution in [0.5, 0.6) is 0 Å². The van der Waals surface area contributed by atoms with Crippen molar-refractivity contribution in [2.45, 2.75) is 0 Å². The van der Waals surface area contributed by atoms with Crippen LogP contribution in [-0.4, -0.2) is 23.7 Å². The van der Waals surface area contributed by atoms with Gasteiger partial charge < -0.3 is 14.8 Å². The van der Waals surface area contributed by atoms with Crippen molar-refractivity contribution in [3.05, 3.63) is 46.4 Å². The standard InChI is InChI=1S/C11H9N3O6/c15-10(9-5-19-6-20-9)13-11(16)12-7-2-1-3-8(4-7)14(17)18/h1-5H,6H2,(H2,12,13,15,16). The molecule has 9 nitrogen and oxygen atoms in total. The lowest BCUT2D eigenvalue weighted by Crippen LogP contribution is -2.35. The topological polar surface area (TPSA) is 120 Å². The number of nitrogens with one attached hydrogen (secondary N) is 2. The van der Waals surface area contributed by atoms with E-state index in [0.717, 1.165) is 6.26 Å². The maximum Gasteiger partial charge on any atom is 0.326 e. The minimum Gasteiger partial charge on any atom is -0.461 e. The van der Waals surface area contributed by atoms with Crippen LogP contribution < -0.4 is 10.6 Å². The summed E-state index contributed by atoms with van der Waals surface area (Å²) in [4.78, 5) is 33.0. The summed E-state index contributed by atoms with van der Waals surface area (Å²) in [6.07, 6.45) is 1.08. The number of nitro groups is 1. The molecule has 9 heteroatoms. The minimum absolute atomic E-state index is 0.0880. The maximum atomic E-state index is 11.5. The number of nitrogens with zero attached hydrogens (tertiary/aromatic N) is 1. The van der Waals surface area contributed by atoms with Crippen LogP contribution >= 0.6 is 0 Å². The molecule has 20 heavy (non-hydrogen) atoms. The molecule has 3 amide bonds. The van der Waals surface area contributed by atoms with Crippen molar-refractivity contribution in [1.29, 1.82) is 0 Å². The Hall–Kier alpha value is -3.10. The van der Waals surface area contributed by atoms with E-state index in [9.17, 15) is 19.7 Å². The van der Waals surface area contributed by atoms with E-state index in [-0.39, 0.29) is 23.9 Å². The third kappa shape index (κ3) is 3.22. The Balaban J connectivity index is 1.96. The van der Waals surface area contributed by atoms with Crippen molar-refractivity contribution in [2.24, 2.45) is 0 Å². The molecule has 0 radical (unpaired) electrons. The first-order valence-electron chi connectivity index (χ1n) is 5.37. The number of nitro benzene ring substituents is 1. The monoisotopic (exact) mass is 279 g/mol. The molecule has 104 valence electrons. The highest BCUT2D eigenvalue weighted by Crippen LogP contribution is 2.16. The van der Waals surface area contributed by atoms with Crippen LogP contribution in [0.1, 0.15) is 0 Å². The van der Waals surface area contributed by atoms with Gasteiger partial charge in [-0.2, -0.15) is 0 Å². The average Bonchev–Trinajstić information content (AvgIpc) is 2.92. The Bertz CT molecular complexity index is 598. The van der Waals surface area contributed by atoms with Crippen LogP contribution in [0.15, 0.2) is 36.3 Å². The number of anilines is 1. The number of imide groups is 1. The smallest absolute Gasteiger partial charge is 0.326 e. The number of carbonyl (C=O) groups excluding carboxylic acids is 2. The largest absolute Gasteiger partial charge is 0.461 e. The first-order chi connectivity index (χ1) is 9.56. The molecular formula is C11H9N3O6. The number of urea groups is 1. The molecule has 1 aliphatic rings. The summed E-state index contributed by atoms with van der Waals surface area (Å²) < 4.78 is 9.44. The molecular weight excluding hydrogens is 270 g/mol. The zero-order valence-corrected chi connectivity index (χ0v) is 9.99. The fraction of sp³-hybridized carbons (Fsp3) is 0.0909. The van der Waals surface area contributed by atoms with Gasteiger partial charge in [0, 0.05) is 17.8 Å². The molecule has 0 atom stereocenters. The SMILES string of the molecule is O=C(NC(=O)C1=COCO1)Nc1cccc([N+](=O)[O-])c1. The zero-order valence-electron chi connectivity index (χ0n) is 9.99. The zero-order chi connectivity index (χ0) is 14.5. The molecule has 2 rings (SSSR count). The molecule has 0 bridgehead atoms. The molecule has 0 fully saturated rings. The second kappa shape index (κ2) is 5.69. The van der Waals surface area contributed by atoms with E-state index in [1.165, 1.54) is 24.3 Å². The molecule has 0 spiro atoms. The Kier molecular flexibility index (Phi) is 3.80. The number of ether oxygens (including phenoxy) is 2. The summed E-state index contributed by atoms with van der Waals surface area (Å²) in [6.45, 7) is -0.0880. The van der Waals surface area contributed by atoms with Crippen LogP contribution in [0.2, 0.25) is 0 Å². The van der Waals surface area contributed by atoms with Gasteiger partial charge in [0.15, 0.2) is 0 Å². The summed E-state index contributed by atoms with van der Waals surface area (Å²) in [5.41, 5.74) is 0.00595. The highest BCUT2D eigenvalue weighted by molar-refractivity contribution is 6.06. The third-order valence-electron chi connectivity index (χ3n) is 2.24. The summed E-state index contributed by atoms with van der Waals surface area (Å²) in [5.74, 6) is -0.898. The molecule has 0 saturated carbocycles. The number of non-ortho nitro benzene ring substituents is 1. The highest BCUT2D eigenvalue weighted by Gasteiger charge is 2.18. The fourth-order valence-electron chi connectivity index (χ4n) is 1.38. The van der Waals surface area contributed by atoms with Crippen molar-refractivity contribution >= 4 is 23.3 Å². The second-order valence-corrected chi connectivity index (χ2v) is 3.63. The summed E-state index contributed by atoms with van der Waals surface area (Å²) >= 11 is 0. The number of carbonyl (C=O) groups is 2. The molecule has 1 aliphatic heterocycles. The van der Waals surface area contributed by atoms with E-state index in [0.29, 0.717) is 0 Å². The van der Waals surface area contributed by atoms with Gasteiger partial charge in [-0.25, -0.2) is 4.79 Å². The molecule has 0 aromatic heterocycles. The van der Waals surface area contributed by atoms with Gasteiger partial charge in [-0.15, -0.1) is 0 Å². The quantitative estimate of drug-likeness (QED) is 0.631. The number of hydrogen-bond acceptors (Lipinski definition) is 6. The van der Waals surface area contributed by atoms with Gasteiger partial charge >= 0.3 is 6.03 Å². The lowest BCUT2D eigenvalue weighted by Gasteiger charge is -2.06. The average molecular weight is 279 g/mol. The van der Waals surface area contributed by atoms with E-state index in [2.05, 4.69) is 10.1 Å². The van der Waals surface area contributed by atoms with Gasteiger partial charge in [0.25, 0.3) is 11.6 Å². The van der Waals surface area contributed by atoms with Crippen molar-refractivity contribution in [2.75, 3.05) is 12.1 Å². The lowest BCUT2D eigenvalue weighted by molar-refractivity contribution is -0.384. The third-order valence-corrected chi connectivity index (χ3v) is 2.24. The highest BCUT2D eigenvalue weighted by atomic mass is 16.7. The molecule has 1 aromatic rings. The number of amides is 3. The first kappa shape index (κ1) is 13.3. The first-order valence-corrected chi connectivity index (χ1v) is 5.37. The molecule has 1 aromatic carbocycles. The Morgan fingerprint density at radius 3 is 2.80 bits per heavy atom. The van der Waals surface area contributed by atoms with E-state index in [1.807, 2.05) is 5.32 Å². The van der Waals surface area contributed by atoms with Crippen molar-refractivity contribution in [3.8, 4) is 0 Å². The van der Waals surface area contributed by atoms with Crippen LogP contribution in [0.3, 0.4) is 0 Å². The number of hydrogen-bond donors (Lipinski definition) is 2. The maximum absolute atomic E-state index is 11.5. The van der Waals surface area contributed by atoms with Crippen molar-refractivity contribution in [3.63, 3.8) is 0 Å².